The molecule has 0 atom stereocenters. The van der Waals surface area contributed by atoms with Crippen molar-refractivity contribution in [2.24, 2.45) is 0 Å². The lowest BCUT2D eigenvalue weighted by Crippen LogP contribution is -2.21. The Balaban J connectivity index is 2.52. The third kappa shape index (κ3) is 4.04. The van der Waals surface area contributed by atoms with Gasteiger partial charge in [0.1, 0.15) is 0 Å². The maximum Gasteiger partial charge on any atom is 0.416 e. The number of carbonyl (C=O) groups is 1. The van der Waals surface area contributed by atoms with E-state index in [0.29, 0.717) is 10.8 Å². The van der Waals surface area contributed by atoms with Crippen molar-refractivity contribution in [2.75, 3.05) is 0 Å². The molecule has 4 heteroatoms. The number of hydrogen-bond acceptors (Lipinski definition) is 2. The Hall–Kier alpha value is -1.48. The van der Waals surface area contributed by atoms with Gasteiger partial charge in [-0.25, -0.2) is 4.79 Å². The molecule has 0 radical (unpaired) electrons. The van der Waals surface area contributed by atoms with Crippen LogP contribution in [0.15, 0.2) is 36.5 Å². The predicted octanol–water partition coefficient (Wildman–Crippen LogP) is 3.35. The van der Waals surface area contributed by atoms with Crippen LogP contribution in [0, 0.1) is 0 Å². The van der Waals surface area contributed by atoms with Gasteiger partial charge in [0, 0.05) is 6.20 Å². The van der Waals surface area contributed by atoms with E-state index in [0.717, 1.165) is 6.42 Å². The van der Waals surface area contributed by atoms with E-state index in [2.05, 4.69) is 5.32 Å². The van der Waals surface area contributed by atoms with Crippen molar-refractivity contribution in [1.29, 1.82) is 0 Å². The van der Waals surface area contributed by atoms with Crippen LogP contribution in [0.4, 0.5) is 4.79 Å². The molecule has 0 unspecified atom stereocenters. The Labute approximate surface area is 93.7 Å². The second kappa shape index (κ2) is 6.09. The zero-order chi connectivity index (χ0) is 11.1. The molecule has 0 bridgehead atoms. The zero-order valence-corrected chi connectivity index (χ0v) is 9.12. The van der Waals surface area contributed by atoms with Crippen molar-refractivity contribution in [3.05, 3.63) is 41.6 Å². The number of halogens is 1. The summed E-state index contributed by atoms with van der Waals surface area (Å²) >= 11 is 5.81. The number of hydrogen-bond donors (Lipinski definition) is 1. The van der Waals surface area contributed by atoms with Crippen molar-refractivity contribution >= 4 is 17.7 Å². The molecule has 0 saturated heterocycles. The van der Waals surface area contributed by atoms with Crippen LogP contribution in [0.2, 0.25) is 5.02 Å². The van der Waals surface area contributed by atoms with Crippen LogP contribution in [-0.4, -0.2) is 6.09 Å². The Morgan fingerprint density at radius 1 is 1.53 bits per heavy atom. The number of ether oxygens (including phenoxy) is 1. The van der Waals surface area contributed by atoms with Gasteiger partial charge in [0.15, 0.2) is 5.75 Å². The Morgan fingerprint density at radius 3 is 2.93 bits per heavy atom. The molecule has 0 heterocycles. The molecular formula is C11H12ClNO2. The molecule has 15 heavy (non-hydrogen) atoms. The fourth-order valence-electron chi connectivity index (χ4n) is 0.902. The van der Waals surface area contributed by atoms with Gasteiger partial charge in [-0.15, -0.1) is 0 Å². The zero-order valence-electron chi connectivity index (χ0n) is 8.37. The van der Waals surface area contributed by atoms with Gasteiger partial charge in [-0.1, -0.05) is 36.7 Å². The number of amides is 1. The summed E-state index contributed by atoms with van der Waals surface area (Å²) in [6, 6.07) is 6.80. The molecule has 0 aliphatic carbocycles. The highest BCUT2D eigenvalue weighted by Gasteiger charge is 2.04. The molecule has 1 rings (SSSR count). The molecule has 0 fully saturated rings. The summed E-state index contributed by atoms with van der Waals surface area (Å²) in [5.74, 6) is 0.349. The van der Waals surface area contributed by atoms with Gasteiger partial charge in [0.05, 0.1) is 5.02 Å². The summed E-state index contributed by atoms with van der Waals surface area (Å²) < 4.78 is 4.96. The van der Waals surface area contributed by atoms with Crippen molar-refractivity contribution in [2.45, 2.75) is 13.3 Å². The van der Waals surface area contributed by atoms with E-state index in [1.165, 1.54) is 0 Å². The predicted molar refractivity (Wildman–Crippen MR) is 60.0 cm³/mol. The van der Waals surface area contributed by atoms with Crippen LogP contribution >= 0.6 is 11.6 Å². The molecular weight excluding hydrogens is 214 g/mol. The molecule has 3 nitrogen and oxygen atoms in total. The van der Waals surface area contributed by atoms with E-state index in [1.54, 1.807) is 30.5 Å². The summed E-state index contributed by atoms with van der Waals surface area (Å²) in [5.41, 5.74) is 0. The molecule has 1 aromatic carbocycles. The van der Waals surface area contributed by atoms with Gasteiger partial charge >= 0.3 is 6.09 Å². The minimum absolute atomic E-state index is 0.349. The lowest BCUT2D eigenvalue weighted by molar-refractivity contribution is 0.204. The van der Waals surface area contributed by atoms with Crippen molar-refractivity contribution in [3.63, 3.8) is 0 Å². The Kier molecular flexibility index (Phi) is 4.71. The first-order valence-corrected chi connectivity index (χ1v) is 4.99. The minimum atomic E-state index is -0.548. The molecule has 1 N–H and O–H groups in total. The Morgan fingerprint density at radius 2 is 2.27 bits per heavy atom. The lowest BCUT2D eigenvalue weighted by atomic mass is 10.3. The first-order valence-electron chi connectivity index (χ1n) is 4.62. The maximum absolute atomic E-state index is 11.2. The monoisotopic (exact) mass is 225 g/mol. The average molecular weight is 226 g/mol. The van der Waals surface area contributed by atoms with Crippen LogP contribution in [-0.2, 0) is 0 Å². The largest absolute Gasteiger partial charge is 0.416 e. The first-order chi connectivity index (χ1) is 7.24. The number of para-hydroxylation sites is 1. The smallest absolute Gasteiger partial charge is 0.409 e. The molecule has 1 aromatic rings. The van der Waals surface area contributed by atoms with E-state index in [1.807, 2.05) is 13.0 Å². The van der Waals surface area contributed by atoms with Crippen LogP contribution in [0.25, 0.3) is 0 Å². The molecule has 0 aliphatic rings. The van der Waals surface area contributed by atoms with Crippen LogP contribution in [0.1, 0.15) is 13.3 Å². The van der Waals surface area contributed by atoms with E-state index in [-0.39, 0.29) is 0 Å². The van der Waals surface area contributed by atoms with E-state index in [9.17, 15) is 4.79 Å². The van der Waals surface area contributed by atoms with Gasteiger partial charge in [-0.2, -0.15) is 0 Å². The van der Waals surface area contributed by atoms with Crippen LogP contribution in [0.5, 0.6) is 5.75 Å². The highest BCUT2D eigenvalue weighted by Crippen LogP contribution is 2.22. The summed E-state index contributed by atoms with van der Waals surface area (Å²) in [5, 5.41) is 2.87. The molecule has 80 valence electrons. The summed E-state index contributed by atoms with van der Waals surface area (Å²) in [4.78, 5) is 11.2. The standard InChI is InChI=1S/C11H12ClNO2/c1-2-3-8-13-11(14)15-10-7-5-4-6-9(10)12/h3-8H,2H2,1H3,(H,13,14). The molecule has 0 aromatic heterocycles. The highest BCUT2D eigenvalue weighted by molar-refractivity contribution is 6.32. The molecule has 0 saturated carbocycles. The highest BCUT2D eigenvalue weighted by atomic mass is 35.5. The Bertz CT molecular complexity index is 363. The summed E-state index contributed by atoms with van der Waals surface area (Å²) in [7, 11) is 0. The SMILES string of the molecule is CCC=CNC(=O)Oc1ccccc1Cl. The second-order valence-electron chi connectivity index (χ2n) is 2.77. The number of allylic oxidation sites excluding steroid dienone is 1. The number of nitrogens with one attached hydrogen (secondary N) is 1. The van der Waals surface area contributed by atoms with Gasteiger partial charge in [0.2, 0.25) is 0 Å². The van der Waals surface area contributed by atoms with Gasteiger partial charge in [0.25, 0.3) is 0 Å². The fourth-order valence-corrected chi connectivity index (χ4v) is 1.08. The second-order valence-corrected chi connectivity index (χ2v) is 3.18. The minimum Gasteiger partial charge on any atom is -0.409 e. The van der Waals surface area contributed by atoms with Crippen molar-refractivity contribution in [1.82, 2.24) is 5.32 Å². The van der Waals surface area contributed by atoms with E-state index in [4.69, 9.17) is 16.3 Å². The third-order valence-corrected chi connectivity index (χ3v) is 1.91. The van der Waals surface area contributed by atoms with Gasteiger partial charge in [-0.3, -0.25) is 5.32 Å². The van der Waals surface area contributed by atoms with Gasteiger partial charge < -0.3 is 4.74 Å². The number of benzene rings is 1. The number of carbonyl (C=O) groups excluding carboxylic acids is 1. The first kappa shape index (κ1) is 11.6. The maximum atomic E-state index is 11.2. The summed E-state index contributed by atoms with van der Waals surface area (Å²) in [6.07, 6.45) is 3.66. The molecule has 0 aliphatic heterocycles. The third-order valence-electron chi connectivity index (χ3n) is 1.59. The fraction of sp³-hybridized carbons (Fsp3) is 0.182. The quantitative estimate of drug-likeness (QED) is 0.857. The lowest BCUT2D eigenvalue weighted by Gasteiger charge is -2.04. The normalized spacial score (nSPS) is 10.3. The van der Waals surface area contributed by atoms with Crippen LogP contribution < -0.4 is 10.1 Å². The van der Waals surface area contributed by atoms with Crippen molar-refractivity contribution < 1.29 is 9.53 Å². The molecule has 1 amide bonds. The number of rotatable bonds is 3. The molecule has 0 spiro atoms. The van der Waals surface area contributed by atoms with E-state index >= 15 is 0 Å². The topological polar surface area (TPSA) is 38.3 Å². The van der Waals surface area contributed by atoms with E-state index < -0.39 is 6.09 Å². The van der Waals surface area contributed by atoms with Crippen molar-refractivity contribution in [3.8, 4) is 5.75 Å². The average Bonchev–Trinajstić information content (AvgIpc) is 2.22. The van der Waals surface area contributed by atoms with Crippen LogP contribution in [0.3, 0.4) is 0 Å². The summed E-state index contributed by atoms with van der Waals surface area (Å²) in [6.45, 7) is 1.97. The van der Waals surface area contributed by atoms with Gasteiger partial charge in [-0.05, 0) is 18.6 Å².